The fourth-order valence-electron chi connectivity index (χ4n) is 3.34. The highest BCUT2D eigenvalue weighted by Crippen LogP contribution is 2.33. The SMILES string of the molecule is CN1C(=O)/C(=C/c2ccc(N(C)C)cc2)SC1=Nc1ccc(N2CCOCC2)cc1. The van der Waals surface area contributed by atoms with Gasteiger partial charge in [0.1, 0.15) is 0 Å². The number of ether oxygens (including phenoxy) is 1. The molecule has 1 amide bonds. The van der Waals surface area contributed by atoms with E-state index < -0.39 is 0 Å². The van der Waals surface area contributed by atoms with Gasteiger partial charge >= 0.3 is 0 Å². The Balaban J connectivity index is 1.49. The summed E-state index contributed by atoms with van der Waals surface area (Å²) in [5, 5.41) is 0.690. The molecule has 2 fully saturated rings. The molecular weight excluding hydrogens is 396 g/mol. The molecule has 0 aliphatic carbocycles. The molecule has 2 heterocycles. The molecule has 2 saturated heterocycles. The summed E-state index contributed by atoms with van der Waals surface area (Å²) in [6.45, 7) is 3.34. The molecule has 0 aromatic heterocycles. The van der Waals surface area contributed by atoms with Gasteiger partial charge in [-0.15, -0.1) is 0 Å². The number of hydrogen-bond donors (Lipinski definition) is 0. The van der Waals surface area contributed by atoms with Gasteiger partial charge in [-0.05, 0) is 59.8 Å². The second kappa shape index (κ2) is 8.93. The highest BCUT2D eigenvalue weighted by Gasteiger charge is 2.30. The van der Waals surface area contributed by atoms with E-state index in [0.717, 1.165) is 43.2 Å². The minimum Gasteiger partial charge on any atom is -0.378 e. The second-order valence-corrected chi connectivity index (χ2v) is 8.48. The van der Waals surface area contributed by atoms with Crippen LogP contribution in [-0.2, 0) is 9.53 Å². The topological polar surface area (TPSA) is 48.4 Å². The van der Waals surface area contributed by atoms with Crippen LogP contribution in [0.4, 0.5) is 17.1 Å². The summed E-state index contributed by atoms with van der Waals surface area (Å²) < 4.78 is 5.41. The first kappa shape index (κ1) is 20.5. The van der Waals surface area contributed by atoms with Crippen molar-refractivity contribution in [2.24, 2.45) is 4.99 Å². The minimum absolute atomic E-state index is 0.0274. The van der Waals surface area contributed by atoms with Crippen molar-refractivity contribution in [3.8, 4) is 0 Å². The molecule has 0 atom stereocenters. The molecule has 0 saturated carbocycles. The Labute approximate surface area is 181 Å². The molecule has 2 aromatic carbocycles. The number of carbonyl (C=O) groups excluding carboxylic acids is 1. The average Bonchev–Trinajstić information content (AvgIpc) is 3.03. The van der Waals surface area contributed by atoms with Gasteiger partial charge in [-0.2, -0.15) is 0 Å². The zero-order chi connectivity index (χ0) is 21.1. The normalized spacial score (nSPS) is 19.8. The van der Waals surface area contributed by atoms with Gasteiger partial charge in [-0.25, -0.2) is 4.99 Å². The molecule has 0 spiro atoms. The van der Waals surface area contributed by atoms with Crippen LogP contribution in [-0.4, -0.2) is 63.4 Å². The number of rotatable bonds is 4. The standard InChI is InChI=1S/C23H26N4O2S/c1-25(2)19-8-4-17(5-9-19)16-21-22(28)26(3)23(30-21)24-18-6-10-20(11-7-18)27-12-14-29-15-13-27/h4-11,16H,12-15H2,1-3H3/b21-16-,24-23?. The number of nitrogens with zero attached hydrogens (tertiary/aromatic N) is 4. The Morgan fingerprint density at radius 2 is 1.70 bits per heavy atom. The van der Waals surface area contributed by atoms with Gasteiger partial charge in [0.25, 0.3) is 5.91 Å². The molecule has 4 rings (SSSR count). The lowest BCUT2D eigenvalue weighted by atomic mass is 10.2. The number of morpholine rings is 1. The Hall–Kier alpha value is -2.77. The van der Waals surface area contributed by atoms with Gasteiger partial charge in [0.2, 0.25) is 0 Å². The van der Waals surface area contributed by atoms with E-state index in [1.54, 1.807) is 11.9 Å². The van der Waals surface area contributed by atoms with E-state index in [-0.39, 0.29) is 5.91 Å². The number of anilines is 2. The van der Waals surface area contributed by atoms with Gasteiger partial charge < -0.3 is 14.5 Å². The number of thioether (sulfide) groups is 1. The molecular formula is C23H26N4O2S. The summed E-state index contributed by atoms with van der Waals surface area (Å²) in [6.07, 6.45) is 1.92. The number of carbonyl (C=O) groups is 1. The molecule has 0 unspecified atom stereocenters. The Kier molecular flexibility index (Phi) is 6.11. The van der Waals surface area contributed by atoms with E-state index in [0.29, 0.717) is 10.1 Å². The van der Waals surface area contributed by atoms with Crippen LogP contribution in [0.5, 0.6) is 0 Å². The maximum absolute atomic E-state index is 12.7. The lowest BCUT2D eigenvalue weighted by molar-refractivity contribution is -0.121. The van der Waals surface area contributed by atoms with Crippen LogP contribution in [0.25, 0.3) is 6.08 Å². The number of amidine groups is 1. The van der Waals surface area contributed by atoms with Gasteiger partial charge in [0.05, 0.1) is 23.8 Å². The summed E-state index contributed by atoms with van der Waals surface area (Å²) in [5.74, 6) is -0.0274. The monoisotopic (exact) mass is 422 g/mol. The summed E-state index contributed by atoms with van der Waals surface area (Å²) in [6, 6.07) is 16.3. The third-order valence-electron chi connectivity index (χ3n) is 5.16. The van der Waals surface area contributed by atoms with Crippen molar-refractivity contribution in [1.29, 1.82) is 0 Å². The lowest BCUT2D eigenvalue weighted by Gasteiger charge is -2.28. The highest BCUT2D eigenvalue weighted by molar-refractivity contribution is 8.18. The molecule has 30 heavy (non-hydrogen) atoms. The predicted molar refractivity (Wildman–Crippen MR) is 126 cm³/mol. The van der Waals surface area contributed by atoms with Crippen molar-refractivity contribution >= 4 is 46.0 Å². The maximum atomic E-state index is 12.7. The molecule has 0 bridgehead atoms. The molecule has 156 valence electrons. The predicted octanol–water partition coefficient (Wildman–Crippen LogP) is 3.82. The van der Waals surface area contributed by atoms with E-state index in [9.17, 15) is 4.79 Å². The number of likely N-dealkylation sites (N-methyl/N-ethyl adjacent to an activating group) is 1. The number of hydrogen-bond acceptors (Lipinski definition) is 6. The zero-order valence-corrected chi connectivity index (χ0v) is 18.4. The second-order valence-electron chi connectivity index (χ2n) is 7.47. The van der Waals surface area contributed by atoms with Crippen molar-refractivity contribution in [1.82, 2.24) is 4.90 Å². The first-order chi connectivity index (χ1) is 14.5. The molecule has 2 aliphatic heterocycles. The summed E-state index contributed by atoms with van der Waals surface area (Å²) in [4.78, 5) is 24.0. The molecule has 7 heteroatoms. The van der Waals surface area contributed by atoms with E-state index >= 15 is 0 Å². The smallest absolute Gasteiger partial charge is 0.266 e. The number of amides is 1. The van der Waals surface area contributed by atoms with Gasteiger partial charge in [0.15, 0.2) is 5.17 Å². The van der Waals surface area contributed by atoms with Crippen LogP contribution in [0.15, 0.2) is 58.4 Å². The van der Waals surface area contributed by atoms with Crippen molar-refractivity contribution in [3.63, 3.8) is 0 Å². The maximum Gasteiger partial charge on any atom is 0.266 e. The van der Waals surface area contributed by atoms with Crippen LogP contribution >= 0.6 is 11.8 Å². The van der Waals surface area contributed by atoms with E-state index in [2.05, 4.69) is 21.9 Å². The van der Waals surface area contributed by atoms with Crippen LogP contribution < -0.4 is 9.80 Å². The first-order valence-electron chi connectivity index (χ1n) is 9.98. The van der Waals surface area contributed by atoms with Crippen molar-refractivity contribution in [2.45, 2.75) is 0 Å². The lowest BCUT2D eigenvalue weighted by Crippen LogP contribution is -2.36. The quantitative estimate of drug-likeness (QED) is 0.701. The zero-order valence-electron chi connectivity index (χ0n) is 17.5. The van der Waals surface area contributed by atoms with Crippen LogP contribution in [0.3, 0.4) is 0 Å². The van der Waals surface area contributed by atoms with E-state index in [1.165, 1.54) is 17.4 Å². The Bertz CT molecular complexity index is 962. The van der Waals surface area contributed by atoms with Crippen LogP contribution in [0, 0.1) is 0 Å². The van der Waals surface area contributed by atoms with Crippen LogP contribution in [0.2, 0.25) is 0 Å². The Morgan fingerprint density at radius 1 is 1.03 bits per heavy atom. The first-order valence-corrected chi connectivity index (χ1v) is 10.8. The van der Waals surface area contributed by atoms with Gasteiger partial charge in [-0.3, -0.25) is 9.69 Å². The molecule has 0 radical (unpaired) electrons. The summed E-state index contributed by atoms with van der Waals surface area (Å²) >= 11 is 1.41. The largest absolute Gasteiger partial charge is 0.378 e. The summed E-state index contributed by atoms with van der Waals surface area (Å²) in [7, 11) is 5.79. The minimum atomic E-state index is -0.0274. The van der Waals surface area contributed by atoms with E-state index in [1.807, 2.05) is 56.6 Å². The highest BCUT2D eigenvalue weighted by atomic mass is 32.2. The van der Waals surface area contributed by atoms with Crippen molar-refractivity contribution in [2.75, 3.05) is 57.2 Å². The van der Waals surface area contributed by atoms with Crippen molar-refractivity contribution < 1.29 is 9.53 Å². The van der Waals surface area contributed by atoms with E-state index in [4.69, 9.17) is 9.73 Å². The van der Waals surface area contributed by atoms with Crippen molar-refractivity contribution in [3.05, 3.63) is 59.0 Å². The van der Waals surface area contributed by atoms with Gasteiger partial charge in [0, 0.05) is 45.6 Å². The van der Waals surface area contributed by atoms with Crippen LogP contribution in [0.1, 0.15) is 5.56 Å². The average molecular weight is 423 g/mol. The molecule has 0 N–H and O–H groups in total. The molecule has 2 aromatic rings. The third-order valence-corrected chi connectivity index (χ3v) is 6.22. The number of aliphatic imine (C=N–C) groups is 1. The summed E-state index contributed by atoms with van der Waals surface area (Å²) in [5.41, 5.74) is 4.14. The number of benzene rings is 2. The van der Waals surface area contributed by atoms with Gasteiger partial charge in [-0.1, -0.05) is 12.1 Å². The molecule has 2 aliphatic rings. The fraction of sp³-hybridized carbons (Fsp3) is 0.304. The fourth-order valence-corrected chi connectivity index (χ4v) is 4.33. The third kappa shape index (κ3) is 4.52. The molecule has 6 nitrogen and oxygen atoms in total. The Morgan fingerprint density at radius 3 is 2.33 bits per heavy atom.